The van der Waals surface area contributed by atoms with E-state index in [9.17, 15) is 43.1 Å². The Bertz CT molecular complexity index is 358. The molecule has 26 heavy (non-hydrogen) atoms. The summed E-state index contributed by atoms with van der Waals surface area (Å²) in [5.74, 6) is 0. The zero-order valence-corrected chi connectivity index (χ0v) is 25.5. The smallest absolute Gasteiger partial charge is 0.811 e. The fourth-order valence-corrected chi connectivity index (χ4v) is 3.17. The Balaban J connectivity index is -0.0000000817. The zero-order chi connectivity index (χ0) is 19.9. The minimum Gasteiger partial charge on any atom is -0.811 e. The average Bonchev–Trinajstić information content (AvgIpc) is 2.39. The Morgan fingerprint density at radius 1 is 0.500 bits per heavy atom. The van der Waals surface area contributed by atoms with Crippen LogP contribution in [0.25, 0.3) is 0 Å². The fourth-order valence-electron chi connectivity index (χ4n) is 1.06. The van der Waals surface area contributed by atoms with E-state index < -0.39 is 22.8 Å². The van der Waals surface area contributed by atoms with Crippen LogP contribution in [-0.2, 0) is 13.7 Å². The SMILES string of the molecule is CCCCP(=O)([O-])[O-].CCCCP(=O)([O-])[O-].CCCCP(=O)([O-])[O-].[La+3].[La+3]. The van der Waals surface area contributed by atoms with Crippen molar-refractivity contribution in [2.24, 2.45) is 0 Å². The summed E-state index contributed by atoms with van der Waals surface area (Å²) in [6.45, 7) is 5.53. The van der Waals surface area contributed by atoms with Crippen LogP contribution in [0.5, 0.6) is 0 Å². The van der Waals surface area contributed by atoms with Crippen molar-refractivity contribution in [2.75, 3.05) is 18.5 Å². The average molecular weight is 686 g/mol. The number of unbranched alkanes of at least 4 members (excludes halogenated alkanes) is 3. The van der Waals surface area contributed by atoms with Gasteiger partial charge in [-0.15, -0.1) is 0 Å². The Morgan fingerprint density at radius 2 is 0.654 bits per heavy atom. The van der Waals surface area contributed by atoms with Gasteiger partial charge in [-0.3, -0.25) is 0 Å². The van der Waals surface area contributed by atoms with Crippen LogP contribution < -0.4 is 29.4 Å². The normalized spacial score (nSPS) is 11.0. The molecule has 0 aromatic carbocycles. The van der Waals surface area contributed by atoms with Crippen molar-refractivity contribution in [1.82, 2.24) is 0 Å². The predicted octanol–water partition coefficient (Wildman–Crippen LogP) is -0.899. The summed E-state index contributed by atoms with van der Waals surface area (Å²) in [6.07, 6.45) is 3.17. The van der Waals surface area contributed by atoms with E-state index in [1.165, 1.54) is 0 Å². The number of hydrogen-bond donors (Lipinski definition) is 0. The second kappa shape index (κ2) is 22.5. The molecule has 9 nitrogen and oxygen atoms in total. The van der Waals surface area contributed by atoms with E-state index in [0.29, 0.717) is 19.3 Å². The van der Waals surface area contributed by atoms with Crippen LogP contribution in [-0.4, -0.2) is 18.5 Å². The summed E-state index contributed by atoms with van der Waals surface area (Å²) in [5.41, 5.74) is 0. The minimum absolute atomic E-state index is 0. The topological polar surface area (TPSA) is 190 Å². The first-order chi connectivity index (χ1) is 10.7. The molecule has 0 fully saturated rings. The molecule has 0 atom stereocenters. The maximum absolute atomic E-state index is 9.86. The van der Waals surface area contributed by atoms with Crippen LogP contribution in [0.15, 0.2) is 0 Å². The summed E-state index contributed by atoms with van der Waals surface area (Å²) in [6, 6.07) is 0. The first-order valence-corrected chi connectivity index (χ1v) is 12.9. The summed E-state index contributed by atoms with van der Waals surface area (Å²) in [7, 11) is -12.5. The Morgan fingerprint density at radius 3 is 0.692 bits per heavy atom. The van der Waals surface area contributed by atoms with Crippen molar-refractivity contribution in [3.8, 4) is 0 Å². The maximum atomic E-state index is 9.86. The van der Waals surface area contributed by atoms with E-state index in [4.69, 9.17) is 0 Å². The molecule has 0 rings (SSSR count). The van der Waals surface area contributed by atoms with Crippen molar-refractivity contribution in [1.29, 1.82) is 0 Å². The van der Waals surface area contributed by atoms with Crippen molar-refractivity contribution < 1.29 is 114 Å². The maximum Gasteiger partial charge on any atom is 3.00 e. The third-order valence-corrected chi connectivity index (χ3v) is 4.95. The number of rotatable bonds is 9. The molecule has 0 unspecified atom stereocenters. The van der Waals surface area contributed by atoms with Gasteiger partial charge < -0.3 is 43.1 Å². The van der Waals surface area contributed by atoms with Gasteiger partial charge in [0.15, 0.2) is 0 Å². The van der Waals surface area contributed by atoms with Gasteiger partial charge in [-0.25, -0.2) is 0 Å². The molecule has 14 heteroatoms. The van der Waals surface area contributed by atoms with Gasteiger partial charge in [0, 0.05) is 0 Å². The quantitative estimate of drug-likeness (QED) is 0.277. The standard InChI is InChI=1S/3C4H11O3P.2La/c3*1-2-3-4-8(5,6)7;;/h3*2-4H2,1H3,(H2,5,6,7);;/q;;;2*+3/p-6. The fraction of sp³-hybridized carbons (Fsp3) is 1.00. The molecule has 0 aromatic heterocycles. The summed E-state index contributed by atoms with van der Waals surface area (Å²) < 4.78 is 29.6. The molecule has 0 N–H and O–H groups in total. The first kappa shape index (κ1) is 39.3. The van der Waals surface area contributed by atoms with Crippen molar-refractivity contribution in [3.05, 3.63) is 0 Å². The van der Waals surface area contributed by atoms with Gasteiger partial charge in [0.25, 0.3) is 0 Å². The predicted molar refractivity (Wildman–Crippen MR) is 82.1 cm³/mol. The van der Waals surface area contributed by atoms with E-state index in [1.54, 1.807) is 0 Å². The molecule has 0 amide bonds. The second-order valence-corrected chi connectivity index (χ2v) is 10.1. The molecule has 0 radical (unpaired) electrons. The molecule has 0 aromatic rings. The van der Waals surface area contributed by atoms with Gasteiger partial charge >= 0.3 is 71.2 Å². The molecule has 0 saturated heterocycles. The second-order valence-electron chi connectivity index (χ2n) is 5.06. The Hall–Kier alpha value is 2.84. The van der Waals surface area contributed by atoms with Gasteiger partial charge in [-0.1, -0.05) is 62.8 Å². The van der Waals surface area contributed by atoms with E-state index in [2.05, 4.69) is 0 Å². The molecule has 0 spiro atoms. The van der Waals surface area contributed by atoms with Crippen LogP contribution >= 0.6 is 22.8 Å². The van der Waals surface area contributed by atoms with Crippen molar-refractivity contribution >= 4 is 22.8 Å². The monoisotopic (exact) mass is 686 g/mol. The molecule has 0 aliphatic rings. The van der Waals surface area contributed by atoms with Crippen LogP contribution in [0.4, 0.5) is 0 Å². The van der Waals surface area contributed by atoms with Gasteiger partial charge in [0.05, 0.1) is 0 Å². The largest absolute Gasteiger partial charge is 3.00 e. The summed E-state index contributed by atoms with van der Waals surface area (Å²) in [4.78, 5) is 59.2. The zero-order valence-electron chi connectivity index (χ0n) is 15.5. The summed E-state index contributed by atoms with van der Waals surface area (Å²) in [5, 5.41) is 0. The first-order valence-electron chi connectivity index (χ1n) is 7.71. The molecule has 0 bridgehead atoms. The van der Waals surface area contributed by atoms with Crippen molar-refractivity contribution in [2.45, 2.75) is 59.3 Å². The van der Waals surface area contributed by atoms with Gasteiger partial charge in [0.1, 0.15) is 0 Å². The van der Waals surface area contributed by atoms with Crippen LogP contribution in [0.1, 0.15) is 59.3 Å². The molecule has 150 valence electrons. The molecular formula is C12H27La2O9P3. The third-order valence-electron chi connectivity index (χ3n) is 2.36. The number of hydrogen-bond acceptors (Lipinski definition) is 9. The minimum atomic E-state index is -4.18. The van der Waals surface area contributed by atoms with E-state index >= 15 is 0 Å². The van der Waals surface area contributed by atoms with Crippen LogP contribution in [0.2, 0.25) is 0 Å². The Labute approximate surface area is 212 Å². The Kier molecular flexibility index (Phi) is 34.1. The van der Waals surface area contributed by atoms with Gasteiger partial charge in [-0.05, 0) is 37.7 Å². The van der Waals surface area contributed by atoms with Gasteiger partial charge in [-0.2, -0.15) is 0 Å². The molecule has 0 aliphatic carbocycles. The third kappa shape index (κ3) is 56.3. The van der Waals surface area contributed by atoms with Gasteiger partial charge in [0.2, 0.25) is 0 Å². The van der Waals surface area contributed by atoms with Crippen LogP contribution in [0.3, 0.4) is 0 Å². The van der Waals surface area contributed by atoms with E-state index in [1.807, 2.05) is 20.8 Å². The summed E-state index contributed by atoms with van der Waals surface area (Å²) >= 11 is 0. The molecule has 0 aliphatic heterocycles. The molecule has 0 heterocycles. The van der Waals surface area contributed by atoms with E-state index in [0.717, 1.165) is 19.3 Å². The molecule has 0 saturated carbocycles. The van der Waals surface area contributed by atoms with Crippen LogP contribution in [0, 0.1) is 71.2 Å². The van der Waals surface area contributed by atoms with E-state index in [-0.39, 0.29) is 89.7 Å². The molecular weight excluding hydrogens is 659 g/mol. The van der Waals surface area contributed by atoms with Crippen molar-refractivity contribution in [3.63, 3.8) is 0 Å².